The van der Waals surface area contributed by atoms with Crippen LogP contribution < -0.4 is 11.1 Å². The summed E-state index contributed by atoms with van der Waals surface area (Å²) in [5.41, 5.74) is 2.09. The van der Waals surface area contributed by atoms with Gasteiger partial charge in [0, 0.05) is 18.5 Å². The molecule has 0 aliphatic carbocycles. The minimum atomic E-state index is -0.209. The fraction of sp³-hybridized carbons (Fsp3) is 0.118. The average Bonchev–Trinajstić information content (AvgIpc) is 2.57. The Kier molecular flexibility index (Phi) is 3.19. The van der Waals surface area contributed by atoms with Crippen molar-refractivity contribution < 1.29 is 0 Å². The first-order valence-electron chi connectivity index (χ1n) is 7.41. The lowest BCUT2D eigenvalue weighted by molar-refractivity contribution is 0.725. The molecule has 4 heterocycles. The molecule has 118 valence electrons. The van der Waals surface area contributed by atoms with E-state index in [2.05, 4.69) is 15.0 Å². The summed E-state index contributed by atoms with van der Waals surface area (Å²) in [6.07, 6.45) is 4.71. The second kappa shape index (κ2) is 5.38. The van der Waals surface area contributed by atoms with Gasteiger partial charge in [-0.3, -0.25) is 18.6 Å². The van der Waals surface area contributed by atoms with Gasteiger partial charge in [-0.2, -0.15) is 0 Å². The first-order chi connectivity index (χ1) is 11.6. The Hall–Kier alpha value is -3.35. The van der Waals surface area contributed by atoms with Gasteiger partial charge in [0.05, 0.1) is 17.6 Å². The number of hydrogen-bond acceptors (Lipinski definition) is 5. The van der Waals surface area contributed by atoms with E-state index in [1.54, 1.807) is 24.5 Å². The lowest BCUT2D eigenvalue weighted by atomic mass is 10.3. The molecular formula is C17H13N5O2. The number of aryl methyl sites for hydroxylation is 1. The van der Waals surface area contributed by atoms with Crippen molar-refractivity contribution in [1.29, 1.82) is 0 Å². The van der Waals surface area contributed by atoms with Crippen LogP contribution in [-0.4, -0.2) is 23.9 Å². The zero-order chi connectivity index (χ0) is 16.7. The molecule has 0 saturated heterocycles. The maximum absolute atomic E-state index is 12.5. The van der Waals surface area contributed by atoms with E-state index in [1.165, 1.54) is 21.4 Å². The smallest absolute Gasteiger partial charge is 0.263 e. The first kappa shape index (κ1) is 14.3. The van der Waals surface area contributed by atoms with Crippen molar-refractivity contribution >= 4 is 16.7 Å². The molecule has 0 atom stereocenters. The first-order valence-corrected chi connectivity index (χ1v) is 7.41. The van der Waals surface area contributed by atoms with E-state index in [0.29, 0.717) is 22.4 Å². The second-order valence-electron chi connectivity index (χ2n) is 5.57. The van der Waals surface area contributed by atoms with Crippen LogP contribution in [0.5, 0.6) is 0 Å². The molecule has 0 aromatic carbocycles. The molecule has 0 amide bonds. The summed E-state index contributed by atoms with van der Waals surface area (Å²) in [7, 11) is 0. The van der Waals surface area contributed by atoms with Crippen molar-refractivity contribution in [2.45, 2.75) is 13.5 Å². The molecule has 7 nitrogen and oxygen atoms in total. The summed E-state index contributed by atoms with van der Waals surface area (Å²) in [5, 5.41) is 0.438. The van der Waals surface area contributed by atoms with Crippen LogP contribution in [0.1, 0.15) is 11.3 Å². The predicted molar refractivity (Wildman–Crippen MR) is 89.1 cm³/mol. The summed E-state index contributed by atoms with van der Waals surface area (Å²) in [6, 6.07) is 8.48. The molecule has 0 aliphatic heterocycles. The number of nitrogens with zero attached hydrogens (tertiary/aromatic N) is 5. The highest BCUT2D eigenvalue weighted by Gasteiger charge is 2.08. The van der Waals surface area contributed by atoms with E-state index in [4.69, 9.17) is 0 Å². The van der Waals surface area contributed by atoms with Gasteiger partial charge in [-0.05, 0) is 36.8 Å². The number of fused-ring (bicyclic) bond motifs is 2. The molecule has 0 bridgehead atoms. The highest BCUT2D eigenvalue weighted by atomic mass is 16.1. The molecule has 4 rings (SSSR count). The third kappa shape index (κ3) is 2.36. The zero-order valence-corrected chi connectivity index (χ0v) is 12.9. The molecule has 0 fully saturated rings. The van der Waals surface area contributed by atoms with Crippen LogP contribution >= 0.6 is 0 Å². The minimum Gasteiger partial charge on any atom is -0.293 e. The normalized spacial score (nSPS) is 11.2. The fourth-order valence-electron chi connectivity index (χ4n) is 2.62. The van der Waals surface area contributed by atoms with Crippen molar-refractivity contribution in [1.82, 2.24) is 23.9 Å². The Morgan fingerprint density at radius 1 is 1.12 bits per heavy atom. The standard InChI is InChI=1S/C17H13N5O2/c1-11-4-6-22-14(7-11)20-12(8-15(22)23)9-21-10-19-16-13(17(21)24)3-2-5-18-16/h2-8,10H,9H2,1H3. The lowest BCUT2D eigenvalue weighted by Crippen LogP contribution is -2.23. The zero-order valence-electron chi connectivity index (χ0n) is 12.9. The molecule has 0 N–H and O–H groups in total. The van der Waals surface area contributed by atoms with Crippen molar-refractivity contribution in [3.05, 3.63) is 81.0 Å². The molecule has 0 spiro atoms. The predicted octanol–water partition coefficient (Wildman–Crippen LogP) is 1.16. The van der Waals surface area contributed by atoms with Crippen molar-refractivity contribution in [2.24, 2.45) is 0 Å². The van der Waals surface area contributed by atoms with E-state index in [9.17, 15) is 9.59 Å². The molecule has 0 saturated carbocycles. The topological polar surface area (TPSA) is 82.1 Å². The third-order valence-corrected chi connectivity index (χ3v) is 3.81. The van der Waals surface area contributed by atoms with Crippen LogP contribution in [0.3, 0.4) is 0 Å². The maximum Gasteiger partial charge on any atom is 0.263 e. The van der Waals surface area contributed by atoms with Gasteiger partial charge in [0.2, 0.25) is 0 Å². The number of aromatic nitrogens is 5. The summed E-state index contributed by atoms with van der Waals surface area (Å²) in [5.74, 6) is 0. The summed E-state index contributed by atoms with van der Waals surface area (Å²) < 4.78 is 2.90. The monoisotopic (exact) mass is 319 g/mol. The van der Waals surface area contributed by atoms with Gasteiger partial charge in [-0.15, -0.1) is 0 Å². The van der Waals surface area contributed by atoms with Gasteiger partial charge >= 0.3 is 0 Å². The summed E-state index contributed by atoms with van der Waals surface area (Å²) in [4.78, 5) is 37.4. The maximum atomic E-state index is 12.5. The molecule has 0 radical (unpaired) electrons. The van der Waals surface area contributed by atoms with Crippen LogP contribution in [0.25, 0.3) is 16.7 Å². The van der Waals surface area contributed by atoms with Crippen LogP contribution in [-0.2, 0) is 6.54 Å². The van der Waals surface area contributed by atoms with E-state index in [0.717, 1.165) is 5.56 Å². The number of rotatable bonds is 2. The minimum absolute atomic E-state index is 0.177. The average molecular weight is 319 g/mol. The fourth-order valence-corrected chi connectivity index (χ4v) is 2.62. The van der Waals surface area contributed by atoms with Crippen molar-refractivity contribution in [3.63, 3.8) is 0 Å². The van der Waals surface area contributed by atoms with Gasteiger partial charge in [-0.1, -0.05) is 0 Å². The molecule has 0 aliphatic rings. The van der Waals surface area contributed by atoms with Gasteiger partial charge < -0.3 is 0 Å². The Labute approximate surface area is 135 Å². The summed E-state index contributed by atoms with van der Waals surface area (Å²) >= 11 is 0. The van der Waals surface area contributed by atoms with E-state index >= 15 is 0 Å². The molecule has 0 unspecified atom stereocenters. The van der Waals surface area contributed by atoms with Gasteiger partial charge in [-0.25, -0.2) is 15.0 Å². The largest absolute Gasteiger partial charge is 0.293 e. The quantitative estimate of drug-likeness (QED) is 0.554. The van der Waals surface area contributed by atoms with Gasteiger partial charge in [0.25, 0.3) is 11.1 Å². The van der Waals surface area contributed by atoms with Gasteiger partial charge in [0.15, 0.2) is 5.65 Å². The van der Waals surface area contributed by atoms with Crippen molar-refractivity contribution in [2.75, 3.05) is 0 Å². The van der Waals surface area contributed by atoms with Crippen LogP contribution in [0.4, 0.5) is 0 Å². The number of hydrogen-bond donors (Lipinski definition) is 0. The van der Waals surface area contributed by atoms with Crippen LogP contribution in [0.15, 0.2) is 58.6 Å². The Morgan fingerprint density at radius 2 is 2.00 bits per heavy atom. The SMILES string of the molecule is Cc1ccn2c(=O)cc(Cn3cnc4ncccc4c3=O)nc2c1. The molecule has 24 heavy (non-hydrogen) atoms. The van der Waals surface area contributed by atoms with E-state index in [-0.39, 0.29) is 17.7 Å². The molecule has 7 heteroatoms. The van der Waals surface area contributed by atoms with Crippen molar-refractivity contribution in [3.8, 4) is 0 Å². The Bertz CT molecular complexity index is 1190. The molecule has 4 aromatic rings. The van der Waals surface area contributed by atoms with Gasteiger partial charge in [0.1, 0.15) is 12.0 Å². The Morgan fingerprint density at radius 3 is 2.88 bits per heavy atom. The van der Waals surface area contributed by atoms with Crippen LogP contribution in [0.2, 0.25) is 0 Å². The van der Waals surface area contributed by atoms with E-state index < -0.39 is 0 Å². The molecular weight excluding hydrogens is 306 g/mol. The second-order valence-corrected chi connectivity index (χ2v) is 5.57. The lowest BCUT2D eigenvalue weighted by Gasteiger charge is -2.07. The highest BCUT2D eigenvalue weighted by Crippen LogP contribution is 2.05. The highest BCUT2D eigenvalue weighted by molar-refractivity contribution is 5.72. The third-order valence-electron chi connectivity index (χ3n) is 3.81. The van der Waals surface area contributed by atoms with Crippen LogP contribution in [0, 0.1) is 6.92 Å². The molecule has 4 aromatic heterocycles. The Balaban J connectivity index is 1.84. The van der Waals surface area contributed by atoms with E-state index in [1.807, 2.05) is 19.1 Å². The summed E-state index contributed by atoms with van der Waals surface area (Å²) in [6.45, 7) is 2.11. The number of pyridine rings is 2.